The van der Waals surface area contributed by atoms with E-state index in [1.807, 2.05) is 6.07 Å². The first-order valence-electron chi connectivity index (χ1n) is 6.54. The van der Waals surface area contributed by atoms with Crippen LogP contribution in [0.2, 0.25) is 0 Å². The van der Waals surface area contributed by atoms with E-state index in [1.165, 1.54) is 11.3 Å². The van der Waals surface area contributed by atoms with Crippen LogP contribution in [-0.4, -0.2) is 31.1 Å². The lowest BCUT2D eigenvalue weighted by Gasteiger charge is -2.06. The van der Waals surface area contributed by atoms with Crippen LogP contribution >= 0.6 is 11.3 Å². The van der Waals surface area contributed by atoms with Gasteiger partial charge in [0.1, 0.15) is 4.21 Å². The number of hydrogen-bond donors (Lipinski definition) is 2. The molecule has 0 bridgehead atoms. The Morgan fingerprint density at radius 3 is 2.86 bits per heavy atom. The lowest BCUT2D eigenvalue weighted by atomic mass is 10.3. The number of hydrogen-bond acceptors (Lipinski definition) is 7. The Hall–Kier alpha value is -1.29. The van der Waals surface area contributed by atoms with Gasteiger partial charge in [0.05, 0.1) is 6.54 Å². The number of thiophene rings is 1. The predicted octanol–water partition coefficient (Wildman–Crippen LogP) is 1.15. The van der Waals surface area contributed by atoms with Crippen molar-refractivity contribution in [3.05, 3.63) is 29.2 Å². The Bertz CT molecular complexity index is 650. The Balaban J connectivity index is 1.92. The van der Waals surface area contributed by atoms with E-state index < -0.39 is 10.0 Å². The Kier molecular flexibility index (Phi) is 5.45. The molecular weight excluding hydrogens is 312 g/mol. The smallest absolute Gasteiger partial charge is 0.250 e. The average Bonchev–Trinajstić information content (AvgIpc) is 3.07. The van der Waals surface area contributed by atoms with E-state index in [9.17, 15) is 8.42 Å². The van der Waals surface area contributed by atoms with Crippen LogP contribution in [0.15, 0.2) is 27.3 Å². The Morgan fingerprint density at radius 1 is 1.38 bits per heavy atom. The molecule has 2 aromatic rings. The minimum absolute atomic E-state index is 0.0149. The standard InChI is InChI=1S/C12H18N4O3S2/c1-9(2)13-6-5-10-3-4-12(20-10)21(17,18)15-7-11-14-8-19-16-11/h3-4,8-9,13,15H,5-7H2,1-2H3. The van der Waals surface area contributed by atoms with E-state index in [1.54, 1.807) is 6.07 Å². The highest BCUT2D eigenvalue weighted by molar-refractivity contribution is 7.91. The van der Waals surface area contributed by atoms with Gasteiger partial charge in [0, 0.05) is 17.5 Å². The first-order valence-corrected chi connectivity index (χ1v) is 8.84. The van der Waals surface area contributed by atoms with Crippen molar-refractivity contribution >= 4 is 21.4 Å². The normalized spacial score (nSPS) is 12.1. The fraction of sp³-hybridized carbons (Fsp3) is 0.500. The molecule has 0 aliphatic rings. The fourth-order valence-electron chi connectivity index (χ4n) is 1.62. The van der Waals surface area contributed by atoms with Crippen LogP contribution in [0.3, 0.4) is 0 Å². The molecule has 0 unspecified atom stereocenters. The lowest BCUT2D eigenvalue weighted by Crippen LogP contribution is -2.24. The maximum Gasteiger partial charge on any atom is 0.250 e. The van der Waals surface area contributed by atoms with Crippen molar-refractivity contribution in [3.63, 3.8) is 0 Å². The van der Waals surface area contributed by atoms with Gasteiger partial charge in [-0.1, -0.05) is 19.0 Å². The summed E-state index contributed by atoms with van der Waals surface area (Å²) in [6, 6.07) is 3.88. The van der Waals surface area contributed by atoms with Crippen molar-refractivity contribution in [1.82, 2.24) is 20.2 Å². The largest absolute Gasteiger partial charge is 0.343 e. The Morgan fingerprint density at radius 2 is 2.19 bits per heavy atom. The van der Waals surface area contributed by atoms with Crippen LogP contribution in [0.25, 0.3) is 0 Å². The molecule has 0 amide bonds. The van der Waals surface area contributed by atoms with Crippen molar-refractivity contribution in [1.29, 1.82) is 0 Å². The molecule has 0 aliphatic heterocycles. The lowest BCUT2D eigenvalue weighted by molar-refractivity contribution is 0.409. The number of aromatic nitrogens is 2. The molecule has 2 rings (SSSR count). The highest BCUT2D eigenvalue weighted by Crippen LogP contribution is 2.21. The summed E-state index contributed by atoms with van der Waals surface area (Å²) in [5.74, 6) is 0.302. The van der Waals surface area contributed by atoms with Gasteiger partial charge in [-0.15, -0.1) is 11.3 Å². The monoisotopic (exact) mass is 330 g/mol. The van der Waals surface area contributed by atoms with Crippen molar-refractivity contribution in [2.45, 2.75) is 37.1 Å². The van der Waals surface area contributed by atoms with Crippen LogP contribution in [0.4, 0.5) is 0 Å². The average molecular weight is 330 g/mol. The van der Waals surface area contributed by atoms with Gasteiger partial charge in [0.25, 0.3) is 0 Å². The van der Waals surface area contributed by atoms with Crippen molar-refractivity contribution in [3.8, 4) is 0 Å². The summed E-state index contributed by atoms with van der Waals surface area (Å²) in [6.45, 7) is 4.99. The van der Waals surface area contributed by atoms with Crippen LogP contribution in [0, 0.1) is 0 Å². The highest BCUT2D eigenvalue weighted by atomic mass is 32.2. The topological polar surface area (TPSA) is 97.1 Å². The van der Waals surface area contributed by atoms with Gasteiger partial charge < -0.3 is 9.84 Å². The van der Waals surface area contributed by atoms with Crippen LogP contribution < -0.4 is 10.0 Å². The molecule has 21 heavy (non-hydrogen) atoms. The maximum atomic E-state index is 12.1. The number of sulfonamides is 1. The second-order valence-corrected chi connectivity index (χ2v) is 7.91. The first kappa shape index (κ1) is 16.1. The van der Waals surface area contributed by atoms with Gasteiger partial charge in [-0.3, -0.25) is 0 Å². The molecule has 0 aliphatic carbocycles. The zero-order valence-corrected chi connectivity index (χ0v) is 13.5. The van der Waals surface area contributed by atoms with Gasteiger partial charge in [0.15, 0.2) is 5.82 Å². The summed E-state index contributed by atoms with van der Waals surface area (Å²) >= 11 is 1.27. The molecule has 2 aromatic heterocycles. The number of rotatable bonds is 8. The molecule has 0 fully saturated rings. The molecule has 0 saturated heterocycles. The number of nitrogens with zero attached hydrogens (tertiary/aromatic N) is 2. The molecule has 7 nitrogen and oxygen atoms in total. The van der Waals surface area contributed by atoms with E-state index in [0.29, 0.717) is 16.1 Å². The van der Waals surface area contributed by atoms with Crippen molar-refractivity contribution in [2.24, 2.45) is 0 Å². The van der Waals surface area contributed by atoms with E-state index in [2.05, 4.69) is 38.6 Å². The fourth-order valence-corrected chi connectivity index (χ4v) is 4.00. The molecule has 0 atom stereocenters. The van der Waals surface area contributed by atoms with E-state index in [0.717, 1.165) is 24.2 Å². The third kappa shape index (κ3) is 4.88. The highest BCUT2D eigenvalue weighted by Gasteiger charge is 2.17. The molecule has 116 valence electrons. The Labute approximate surface area is 127 Å². The molecule has 0 radical (unpaired) electrons. The molecule has 0 saturated carbocycles. The summed E-state index contributed by atoms with van der Waals surface area (Å²) in [5, 5.41) is 6.86. The zero-order valence-electron chi connectivity index (χ0n) is 11.9. The molecular formula is C12H18N4O3S2. The van der Waals surface area contributed by atoms with Gasteiger partial charge in [0.2, 0.25) is 16.4 Å². The minimum Gasteiger partial charge on any atom is -0.343 e. The first-order chi connectivity index (χ1) is 9.97. The number of nitrogens with one attached hydrogen (secondary N) is 2. The zero-order chi connectivity index (χ0) is 15.3. The van der Waals surface area contributed by atoms with Gasteiger partial charge in [-0.2, -0.15) is 4.98 Å². The maximum absolute atomic E-state index is 12.1. The van der Waals surface area contributed by atoms with Gasteiger partial charge >= 0.3 is 0 Å². The van der Waals surface area contributed by atoms with Crippen molar-refractivity contribution in [2.75, 3.05) is 6.54 Å². The predicted molar refractivity (Wildman–Crippen MR) is 79.5 cm³/mol. The van der Waals surface area contributed by atoms with Crippen LogP contribution in [-0.2, 0) is 23.0 Å². The molecule has 0 spiro atoms. The second-order valence-electron chi connectivity index (χ2n) is 4.75. The van der Waals surface area contributed by atoms with Gasteiger partial charge in [-0.25, -0.2) is 13.1 Å². The molecule has 9 heteroatoms. The van der Waals surface area contributed by atoms with Crippen molar-refractivity contribution < 1.29 is 12.9 Å². The van der Waals surface area contributed by atoms with Crippen LogP contribution in [0.5, 0.6) is 0 Å². The summed E-state index contributed by atoms with van der Waals surface area (Å²) in [5.41, 5.74) is 0. The third-order valence-corrected chi connectivity index (χ3v) is 5.69. The molecule has 0 aromatic carbocycles. The summed E-state index contributed by atoms with van der Waals surface area (Å²) in [7, 11) is -3.53. The van der Waals surface area contributed by atoms with E-state index in [-0.39, 0.29) is 6.54 Å². The summed E-state index contributed by atoms with van der Waals surface area (Å²) < 4.78 is 31.5. The van der Waals surface area contributed by atoms with E-state index in [4.69, 9.17) is 0 Å². The molecule has 2 heterocycles. The van der Waals surface area contributed by atoms with E-state index >= 15 is 0 Å². The summed E-state index contributed by atoms with van der Waals surface area (Å²) in [6.07, 6.45) is 1.97. The second kappa shape index (κ2) is 7.12. The van der Waals surface area contributed by atoms with Gasteiger partial charge in [-0.05, 0) is 18.6 Å². The minimum atomic E-state index is -3.53. The SMILES string of the molecule is CC(C)NCCc1ccc(S(=O)(=O)NCc2ncon2)s1. The van der Waals surface area contributed by atoms with Crippen LogP contribution in [0.1, 0.15) is 24.5 Å². The third-order valence-electron chi connectivity index (χ3n) is 2.65. The molecule has 2 N–H and O–H groups in total. The quantitative estimate of drug-likeness (QED) is 0.753. The summed E-state index contributed by atoms with van der Waals surface area (Å²) in [4.78, 5) is 4.80.